The fraction of sp³-hybridized carbons (Fsp3) is 0.417. The molecule has 9 heteroatoms. The van der Waals surface area contributed by atoms with Crippen molar-refractivity contribution in [1.29, 1.82) is 5.26 Å². The van der Waals surface area contributed by atoms with E-state index in [4.69, 9.17) is 10.8 Å². The molecule has 1 aromatic rings. The summed E-state index contributed by atoms with van der Waals surface area (Å²) in [5, 5.41) is 31.6. The Labute approximate surface area is 117 Å². The second-order valence-corrected chi connectivity index (χ2v) is 4.17. The zero-order valence-electron chi connectivity index (χ0n) is 10.6. The first kappa shape index (κ1) is 16.8. The second kappa shape index (κ2) is 6.95. The average Bonchev–Trinajstić information content (AvgIpc) is 2.44. The number of hydrogen-bond donors (Lipinski definition) is 2. The molecule has 0 spiro atoms. The highest BCUT2D eigenvalue weighted by atomic mass is 19.4. The Kier molecular flexibility index (Phi) is 5.55. The first-order valence-electron chi connectivity index (χ1n) is 5.79. The van der Waals surface area contributed by atoms with Crippen LogP contribution in [0, 0.1) is 11.3 Å². The zero-order valence-corrected chi connectivity index (χ0v) is 10.6. The standard InChI is InChI=1S/C12H11F3N4O2/c13-12(14,15)8-2-1-7(6-16)9(5-8)11(21)10(20)3-4-18-19-17/h1-2,5,10-11,20-21H,3-4H2. The third-order valence-corrected chi connectivity index (χ3v) is 2.77. The van der Waals surface area contributed by atoms with E-state index < -0.39 is 23.9 Å². The second-order valence-electron chi connectivity index (χ2n) is 4.17. The average molecular weight is 300 g/mol. The lowest BCUT2D eigenvalue weighted by atomic mass is 9.95. The van der Waals surface area contributed by atoms with E-state index in [1.807, 2.05) is 0 Å². The van der Waals surface area contributed by atoms with Crippen LogP contribution >= 0.6 is 0 Å². The molecule has 0 amide bonds. The van der Waals surface area contributed by atoms with Gasteiger partial charge in [-0.15, -0.1) is 0 Å². The molecule has 0 saturated carbocycles. The summed E-state index contributed by atoms with van der Waals surface area (Å²) in [5.41, 5.74) is 6.57. The number of hydrogen-bond acceptors (Lipinski definition) is 4. The maximum atomic E-state index is 12.6. The minimum absolute atomic E-state index is 0.129. The SMILES string of the molecule is N#Cc1ccc(C(F)(F)F)cc1C(O)C(O)CCN=[N+]=[N-]. The van der Waals surface area contributed by atoms with Crippen molar-refractivity contribution in [3.63, 3.8) is 0 Å². The molecular weight excluding hydrogens is 289 g/mol. The van der Waals surface area contributed by atoms with Crippen LogP contribution in [0.3, 0.4) is 0 Å². The lowest BCUT2D eigenvalue weighted by Gasteiger charge is -2.19. The molecule has 2 unspecified atom stereocenters. The largest absolute Gasteiger partial charge is 0.416 e. The molecule has 0 heterocycles. The summed E-state index contributed by atoms with van der Waals surface area (Å²) in [4.78, 5) is 2.45. The molecule has 0 saturated heterocycles. The Balaban J connectivity index is 3.09. The summed E-state index contributed by atoms with van der Waals surface area (Å²) < 4.78 is 37.9. The van der Waals surface area contributed by atoms with Crippen molar-refractivity contribution in [2.75, 3.05) is 6.54 Å². The molecule has 0 aliphatic carbocycles. The van der Waals surface area contributed by atoms with Crippen LogP contribution in [0.1, 0.15) is 29.2 Å². The Hall–Kier alpha value is -2.27. The minimum atomic E-state index is -4.63. The van der Waals surface area contributed by atoms with Gasteiger partial charge in [-0.3, -0.25) is 0 Å². The van der Waals surface area contributed by atoms with Crippen molar-refractivity contribution < 1.29 is 23.4 Å². The highest BCUT2D eigenvalue weighted by Crippen LogP contribution is 2.33. The van der Waals surface area contributed by atoms with Crippen molar-refractivity contribution in [3.05, 3.63) is 45.3 Å². The normalized spacial score (nSPS) is 13.9. The molecule has 112 valence electrons. The van der Waals surface area contributed by atoms with E-state index in [1.54, 1.807) is 6.07 Å². The van der Waals surface area contributed by atoms with Gasteiger partial charge in [0, 0.05) is 17.0 Å². The van der Waals surface area contributed by atoms with Crippen molar-refractivity contribution in [2.45, 2.75) is 24.8 Å². The highest BCUT2D eigenvalue weighted by molar-refractivity contribution is 5.42. The van der Waals surface area contributed by atoms with Crippen LogP contribution in [0.2, 0.25) is 0 Å². The molecule has 0 bridgehead atoms. The predicted molar refractivity (Wildman–Crippen MR) is 65.8 cm³/mol. The number of benzene rings is 1. The number of halogens is 3. The van der Waals surface area contributed by atoms with E-state index in [2.05, 4.69) is 10.0 Å². The van der Waals surface area contributed by atoms with Crippen molar-refractivity contribution in [1.82, 2.24) is 0 Å². The van der Waals surface area contributed by atoms with E-state index in [9.17, 15) is 23.4 Å². The van der Waals surface area contributed by atoms with E-state index in [1.165, 1.54) is 0 Å². The van der Waals surface area contributed by atoms with Gasteiger partial charge in [-0.25, -0.2) is 0 Å². The Morgan fingerprint density at radius 1 is 1.38 bits per heavy atom. The fourth-order valence-electron chi connectivity index (χ4n) is 1.69. The number of aliphatic hydroxyl groups is 2. The Bertz CT molecular complexity index is 591. The van der Waals surface area contributed by atoms with Crippen LogP contribution in [0.25, 0.3) is 10.4 Å². The summed E-state index contributed by atoms with van der Waals surface area (Å²) in [5.74, 6) is 0. The van der Waals surface area contributed by atoms with E-state index in [0.29, 0.717) is 6.07 Å². The molecule has 0 aromatic heterocycles. The smallest absolute Gasteiger partial charge is 0.390 e. The fourth-order valence-corrected chi connectivity index (χ4v) is 1.69. The molecule has 2 N–H and O–H groups in total. The first-order valence-corrected chi connectivity index (χ1v) is 5.79. The summed E-state index contributed by atoms with van der Waals surface area (Å²) >= 11 is 0. The maximum Gasteiger partial charge on any atom is 0.416 e. The van der Waals surface area contributed by atoms with Gasteiger partial charge in [0.05, 0.1) is 23.3 Å². The van der Waals surface area contributed by atoms with Gasteiger partial charge in [-0.2, -0.15) is 18.4 Å². The van der Waals surface area contributed by atoms with Crippen molar-refractivity contribution >= 4 is 0 Å². The number of alkyl halides is 3. The highest BCUT2D eigenvalue weighted by Gasteiger charge is 2.32. The lowest BCUT2D eigenvalue weighted by Crippen LogP contribution is -2.21. The third-order valence-electron chi connectivity index (χ3n) is 2.77. The number of rotatable bonds is 5. The molecular formula is C12H11F3N4O2. The number of nitriles is 1. The van der Waals surface area contributed by atoms with Gasteiger partial charge >= 0.3 is 6.18 Å². The van der Waals surface area contributed by atoms with E-state index in [-0.39, 0.29) is 24.1 Å². The van der Waals surface area contributed by atoms with Crippen LogP contribution in [-0.4, -0.2) is 22.9 Å². The summed E-state index contributed by atoms with van der Waals surface area (Å²) in [7, 11) is 0. The summed E-state index contributed by atoms with van der Waals surface area (Å²) in [6, 6.07) is 3.94. The van der Waals surface area contributed by atoms with Gasteiger partial charge in [0.1, 0.15) is 6.10 Å². The third kappa shape index (κ3) is 4.36. The molecule has 6 nitrogen and oxygen atoms in total. The zero-order chi connectivity index (χ0) is 16.0. The van der Waals surface area contributed by atoms with Gasteiger partial charge < -0.3 is 10.2 Å². The quantitative estimate of drug-likeness (QED) is 0.495. The monoisotopic (exact) mass is 300 g/mol. The van der Waals surface area contributed by atoms with Gasteiger partial charge in [0.15, 0.2) is 0 Å². The van der Waals surface area contributed by atoms with Gasteiger partial charge in [0.2, 0.25) is 0 Å². The van der Waals surface area contributed by atoms with E-state index in [0.717, 1.165) is 12.1 Å². The molecule has 0 aliphatic rings. The molecule has 0 fully saturated rings. The number of azide groups is 1. The van der Waals surface area contributed by atoms with Gasteiger partial charge in [0.25, 0.3) is 0 Å². The summed E-state index contributed by atoms with van der Waals surface area (Å²) in [6.07, 6.45) is -7.91. The van der Waals surface area contributed by atoms with Gasteiger partial charge in [-0.05, 0) is 30.2 Å². The molecule has 2 atom stereocenters. The predicted octanol–water partition coefficient (Wildman–Crippen LogP) is 2.67. The number of nitrogens with zero attached hydrogens (tertiary/aromatic N) is 4. The number of aliphatic hydroxyl groups excluding tert-OH is 2. The van der Waals surface area contributed by atoms with Crippen LogP contribution in [0.4, 0.5) is 13.2 Å². The van der Waals surface area contributed by atoms with Crippen LogP contribution < -0.4 is 0 Å². The molecule has 1 rings (SSSR count). The Morgan fingerprint density at radius 3 is 2.57 bits per heavy atom. The van der Waals surface area contributed by atoms with Crippen LogP contribution in [0.15, 0.2) is 23.3 Å². The molecule has 1 aromatic carbocycles. The maximum absolute atomic E-state index is 12.6. The van der Waals surface area contributed by atoms with Crippen LogP contribution in [0.5, 0.6) is 0 Å². The first-order chi connectivity index (χ1) is 9.81. The van der Waals surface area contributed by atoms with Crippen LogP contribution in [-0.2, 0) is 6.18 Å². The Morgan fingerprint density at radius 2 is 2.05 bits per heavy atom. The molecule has 21 heavy (non-hydrogen) atoms. The van der Waals surface area contributed by atoms with E-state index >= 15 is 0 Å². The minimum Gasteiger partial charge on any atom is -0.390 e. The van der Waals surface area contributed by atoms with Crippen molar-refractivity contribution in [2.24, 2.45) is 5.11 Å². The molecule has 0 aliphatic heterocycles. The summed E-state index contributed by atoms with van der Waals surface area (Å²) in [6.45, 7) is -0.129. The molecule has 0 radical (unpaired) electrons. The van der Waals surface area contributed by atoms with Gasteiger partial charge in [-0.1, -0.05) is 5.11 Å². The van der Waals surface area contributed by atoms with Crippen molar-refractivity contribution in [3.8, 4) is 6.07 Å². The topological polar surface area (TPSA) is 113 Å². The lowest BCUT2D eigenvalue weighted by molar-refractivity contribution is -0.137.